The Labute approximate surface area is 201 Å². The molecule has 0 aliphatic carbocycles. The fourth-order valence-electron chi connectivity index (χ4n) is 4.02. The molecule has 6 nitrogen and oxygen atoms in total. The minimum atomic E-state index is -4.13. The van der Waals surface area contributed by atoms with E-state index >= 15 is 0 Å². The van der Waals surface area contributed by atoms with Gasteiger partial charge in [-0.1, -0.05) is 11.8 Å². The molecular weight excluding hydrogens is 482 g/mol. The Morgan fingerprint density at radius 2 is 1.85 bits per heavy atom. The number of allylic oxidation sites excluding steroid dienone is 3. The van der Waals surface area contributed by atoms with Gasteiger partial charge in [0.05, 0.1) is 29.5 Å². The Kier molecular flexibility index (Phi) is 7.11. The number of aryl methyl sites for hydroxylation is 1. The molecule has 1 fully saturated rings. The van der Waals surface area contributed by atoms with Gasteiger partial charge in [0.15, 0.2) is 0 Å². The lowest BCUT2D eigenvalue weighted by atomic mass is 9.96. The van der Waals surface area contributed by atoms with E-state index in [1.54, 1.807) is 19.3 Å². The number of rotatable bonds is 5. The van der Waals surface area contributed by atoms with E-state index in [1.807, 2.05) is 4.90 Å². The largest absolute Gasteiger partial charge is 0.874 e. The van der Waals surface area contributed by atoms with Gasteiger partial charge < -0.3 is 14.7 Å². The summed E-state index contributed by atoms with van der Waals surface area (Å²) in [6.45, 7) is 5.67. The molecule has 0 radical (unpaired) electrons. The highest BCUT2D eigenvalue weighted by molar-refractivity contribution is 8.07. The first-order chi connectivity index (χ1) is 16.2. The molecule has 0 unspecified atom stereocenters. The molecule has 1 saturated heterocycles. The van der Waals surface area contributed by atoms with Crippen LogP contribution in [-0.4, -0.2) is 40.4 Å². The van der Waals surface area contributed by atoms with Crippen molar-refractivity contribution in [2.75, 3.05) is 31.2 Å². The lowest BCUT2D eigenvalue weighted by molar-refractivity contribution is -0.305. The quantitative estimate of drug-likeness (QED) is 0.578. The molecular formula is C24H23F2N2O4S2-. The van der Waals surface area contributed by atoms with Crippen LogP contribution in [0.4, 0.5) is 14.5 Å². The van der Waals surface area contributed by atoms with Crippen LogP contribution in [0.15, 0.2) is 61.8 Å². The van der Waals surface area contributed by atoms with Gasteiger partial charge in [-0.3, -0.25) is 0 Å². The van der Waals surface area contributed by atoms with Gasteiger partial charge >= 0.3 is 0 Å². The molecule has 10 heteroatoms. The van der Waals surface area contributed by atoms with Crippen LogP contribution in [0.2, 0.25) is 0 Å². The van der Waals surface area contributed by atoms with Crippen LogP contribution in [-0.2, 0) is 21.2 Å². The van der Waals surface area contributed by atoms with E-state index in [2.05, 4.69) is 4.40 Å². The predicted octanol–water partition coefficient (Wildman–Crippen LogP) is 3.62. The Bertz CT molecular complexity index is 1300. The molecule has 0 spiro atoms. The van der Waals surface area contributed by atoms with Gasteiger partial charge in [0.1, 0.15) is 11.6 Å². The summed E-state index contributed by atoms with van der Waals surface area (Å²) in [6.07, 6.45) is 1.44. The van der Waals surface area contributed by atoms with Crippen LogP contribution >= 0.6 is 11.8 Å². The second kappa shape index (κ2) is 9.89. The predicted molar refractivity (Wildman–Crippen MR) is 127 cm³/mol. The van der Waals surface area contributed by atoms with E-state index in [0.29, 0.717) is 48.7 Å². The maximum absolute atomic E-state index is 14.9. The minimum Gasteiger partial charge on any atom is -0.874 e. The van der Waals surface area contributed by atoms with Crippen molar-refractivity contribution in [3.63, 3.8) is 0 Å². The van der Waals surface area contributed by atoms with E-state index in [0.717, 1.165) is 36.0 Å². The second-order valence-electron chi connectivity index (χ2n) is 7.98. The van der Waals surface area contributed by atoms with Gasteiger partial charge in [0, 0.05) is 18.0 Å². The fraction of sp³-hybridized carbons (Fsp3) is 0.292. The molecule has 0 saturated carbocycles. The van der Waals surface area contributed by atoms with Crippen molar-refractivity contribution in [3.8, 4) is 0 Å². The molecule has 2 aromatic rings. The second-order valence-corrected chi connectivity index (χ2v) is 10.5. The van der Waals surface area contributed by atoms with Crippen molar-refractivity contribution in [1.82, 2.24) is 0 Å². The number of morpholine rings is 1. The zero-order chi connectivity index (χ0) is 24.5. The summed E-state index contributed by atoms with van der Waals surface area (Å²) in [6, 6.07) is 5.75. The van der Waals surface area contributed by atoms with Gasteiger partial charge in [0.25, 0.3) is 10.0 Å². The van der Waals surface area contributed by atoms with Crippen LogP contribution < -0.4 is 10.0 Å². The zero-order valence-corrected chi connectivity index (χ0v) is 20.3. The summed E-state index contributed by atoms with van der Waals surface area (Å²) >= 11 is 1.09. The smallest absolute Gasteiger partial charge is 0.282 e. The number of thioether (sulfide) groups is 1. The van der Waals surface area contributed by atoms with Crippen LogP contribution in [0.3, 0.4) is 0 Å². The van der Waals surface area contributed by atoms with Gasteiger partial charge in [-0.2, -0.15) is 12.8 Å². The summed E-state index contributed by atoms with van der Waals surface area (Å²) < 4.78 is 62.5. The number of halogens is 2. The molecule has 0 N–H and O–H groups in total. The molecule has 4 rings (SSSR count). The Balaban J connectivity index is 1.68. The van der Waals surface area contributed by atoms with Gasteiger partial charge in [0.2, 0.25) is 0 Å². The highest BCUT2D eigenvalue weighted by atomic mass is 32.2. The molecule has 0 atom stereocenters. The Hall–Kier alpha value is -2.69. The molecule has 2 aliphatic rings. The van der Waals surface area contributed by atoms with Crippen LogP contribution in [0.1, 0.15) is 16.7 Å². The van der Waals surface area contributed by atoms with Crippen molar-refractivity contribution in [2.45, 2.75) is 25.2 Å². The van der Waals surface area contributed by atoms with Gasteiger partial charge in [-0.25, -0.2) is 8.78 Å². The number of anilines is 1. The third kappa shape index (κ3) is 5.03. The lowest BCUT2D eigenvalue weighted by Crippen LogP contribution is -2.37. The summed E-state index contributed by atoms with van der Waals surface area (Å²) in [7, 11) is -4.13. The number of benzene rings is 2. The first-order valence-electron chi connectivity index (χ1n) is 10.6. The lowest BCUT2D eigenvalue weighted by Gasteiger charge is -2.32. The third-order valence-corrected chi connectivity index (χ3v) is 8.00. The SMILES string of the molecule is Cc1cc(F)c(N2CCOCC2)c(C)c1C/C([O-])=C1/SC=C/C1=N\S(=O)(=O)c1ccc(F)cc1. The average molecular weight is 506 g/mol. The van der Waals surface area contributed by atoms with Crippen LogP contribution in [0.5, 0.6) is 0 Å². The molecule has 2 aromatic carbocycles. The van der Waals surface area contributed by atoms with Crippen molar-refractivity contribution in [1.29, 1.82) is 0 Å². The topological polar surface area (TPSA) is 82.0 Å². The number of nitrogens with zero attached hydrogens (tertiary/aromatic N) is 2. The number of hydrogen-bond acceptors (Lipinski definition) is 6. The molecule has 0 amide bonds. The summed E-state index contributed by atoms with van der Waals surface area (Å²) in [5.41, 5.74) is 2.53. The standard InChI is InChI=1S/C24H24F2N2O4S2/c1-15-13-20(26)23(28-8-10-32-11-9-28)16(2)19(15)14-22(29)24-21(7-12-33-24)27-34(30,31)18-5-3-17(25)4-6-18/h3-7,12-13,29H,8-11,14H2,1-2H3/p-1/b24-22-,27-21+. The highest BCUT2D eigenvalue weighted by Crippen LogP contribution is 2.34. The van der Waals surface area contributed by atoms with Crippen molar-refractivity contribution < 1.29 is 27.0 Å². The Morgan fingerprint density at radius 1 is 1.18 bits per heavy atom. The summed E-state index contributed by atoms with van der Waals surface area (Å²) in [5, 5.41) is 14.8. The van der Waals surface area contributed by atoms with Crippen molar-refractivity contribution >= 4 is 33.2 Å². The van der Waals surface area contributed by atoms with Gasteiger partial charge in [-0.15, -0.1) is 5.76 Å². The highest BCUT2D eigenvalue weighted by Gasteiger charge is 2.22. The summed E-state index contributed by atoms with van der Waals surface area (Å²) in [4.78, 5) is 1.95. The van der Waals surface area contributed by atoms with Crippen molar-refractivity contribution in [3.05, 3.63) is 80.8 Å². The monoisotopic (exact) mass is 505 g/mol. The number of sulfonamides is 1. The molecule has 0 bridgehead atoms. The zero-order valence-electron chi connectivity index (χ0n) is 18.7. The van der Waals surface area contributed by atoms with Crippen LogP contribution in [0, 0.1) is 25.5 Å². The van der Waals surface area contributed by atoms with E-state index in [4.69, 9.17) is 4.74 Å². The van der Waals surface area contributed by atoms with Crippen LogP contribution in [0.25, 0.3) is 0 Å². The first-order valence-corrected chi connectivity index (χ1v) is 12.9. The Morgan fingerprint density at radius 3 is 2.53 bits per heavy atom. The summed E-state index contributed by atoms with van der Waals surface area (Å²) in [5.74, 6) is -1.22. The molecule has 0 aromatic heterocycles. The van der Waals surface area contributed by atoms with Gasteiger partial charge in [-0.05, 0) is 78.8 Å². The third-order valence-electron chi connectivity index (χ3n) is 5.75. The average Bonchev–Trinajstić information content (AvgIpc) is 3.25. The van der Waals surface area contributed by atoms with Crippen molar-refractivity contribution in [2.24, 2.45) is 4.40 Å². The van der Waals surface area contributed by atoms with E-state index in [1.165, 1.54) is 12.1 Å². The number of hydrogen-bond donors (Lipinski definition) is 0. The molecule has 180 valence electrons. The number of ether oxygens (including phenoxy) is 1. The molecule has 2 aliphatic heterocycles. The molecule has 34 heavy (non-hydrogen) atoms. The first kappa shape index (κ1) is 24.4. The minimum absolute atomic E-state index is 0.0189. The fourth-order valence-corrected chi connectivity index (χ4v) is 5.85. The molecule has 2 heterocycles. The maximum atomic E-state index is 14.9. The normalized spacial score (nSPS) is 19.2. The van der Waals surface area contributed by atoms with E-state index in [-0.39, 0.29) is 33.5 Å². The van der Waals surface area contributed by atoms with E-state index < -0.39 is 15.8 Å². The maximum Gasteiger partial charge on any atom is 0.282 e. The van der Waals surface area contributed by atoms with E-state index in [9.17, 15) is 22.3 Å².